The maximum Gasteiger partial charge on any atom is 0.0671 e. The van der Waals surface area contributed by atoms with Crippen molar-refractivity contribution in [1.29, 1.82) is 0 Å². The quantitative estimate of drug-likeness (QED) is 0.602. The lowest BCUT2D eigenvalue weighted by atomic mass is 10.1. The smallest absolute Gasteiger partial charge is 0.0671 e. The number of ether oxygens (including phenoxy) is 3. The summed E-state index contributed by atoms with van der Waals surface area (Å²) < 4.78 is 16.0. The minimum absolute atomic E-state index is 0.281. The summed E-state index contributed by atoms with van der Waals surface area (Å²) in [4.78, 5) is 0. The van der Waals surface area contributed by atoms with Gasteiger partial charge in [-0.05, 0) is 26.3 Å². The van der Waals surface area contributed by atoms with Gasteiger partial charge in [0.2, 0.25) is 0 Å². The number of rotatable bonds is 9. The Hall–Kier alpha value is -0.160. The van der Waals surface area contributed by atoms with E-state index in [4.69, 9.17) is 14.2 Å². The molecule has 1 aliphatic rings. The highest BCUT2D eigenvalue weighted by Gasteiger charge is 2.16. The summed E-state index contributed by atoms with van der Waals surface area (Å²) in [5.74, 6) is 0.607. The maximum atomic E-state index is 5.76. The van der Waals surface area contributed by atoms with Crippen molar-refractivity contribution in [3.63, 3.8) is 0 Å². The van der Waals surface area contributed by atoms with Crippen molar-refractivity contribution >= 4 is 0 Å². The molecule has 2 unspecified atom stereocenters. The SMILES string of the molecule is COCCCNCC(C)OCC1CCOC1. The minimum Gasteiger partial charge on any atom is -0.385 e. The van der Waals surface area contributed by atoms with E-state index >= 15 is 0 Å². The van der Waals surface area contributed by atoms with Crippen molar-refractivity contribution in [2.45, 2.75) is 25.9 Å². The first kappa shape index (κ1) is 13.9. The van der Waals surface area contributed by atoms with Crippen LogP contribution in [-0.2, 0) is 14.2 Å². The molecule has 0 saturated carbocycles. The van der Waals surface area contributed by atoms with Gasteiger partial charge in [-0.25, -0.2) is 0 Å². The summed E-state index contributed by atoms with van der Waals surface area (Å²) in [5, 5.41) is 3.36. The van der Waals surface area contributed by atoms with E-state index in [1.54, 1.807) is 7.11 Å². The Morgan fingerprint density at radius 1 is 1.50 bits per heavy atom. The third kappa shape index (κ3) is 6.43. The van der Waals surface area contributed by atoms with Gasteiger partial charge in [-0.2, -0.15) is 0 Å². The van der Waals surface area contributed by atoms with E-state index in [2.05, 4.69) is 12.2 Å². The second-order valence-electron chi connectivity index (χ2n) is 4.42. The van der Waals surface area contributed by atoms with E-state index in [1.165, 1.54) is 0 Å². The second-order valence-corrected chi connectivity index (χ2v) is 4.42. The van der Waals surface area contributed by atoms with Gasteiger partial charge in [-0.15, -0.1) is 0 Å². The van der Waals surface area contributed by atoms with Crippen LogP contribution in [0.1, 0.15) is 19.8 Å². The molecule has 0 spiro atoms. The van der Waals surface area contributed by atoms with Crippen molar-refractivity contribution in [3.8, 4) is 0 Å². The largest absolute Gasteiger partial charge is 0.385 e. The lowest BCUT2D eigenvalue weighted by Gasteiger charge is -2.16. The van der Waals surface area contributed by atoms with Crippen LogP contribution in [0.4, 0.5) is 0 Å². The molecule has 0 aliphatic carbocycles. The van der Waals surface area contributed by atoms with Gasteiger partial charge >= 0.3 is 0 Å². The molecule has 2 atom stereocenters. The van der Waals surface area contributed by atoms with Crippen molar-refractivity contribution in [2.75, 3.05) is 46.6 Å². The summed E-state index contributed by atoms with van der Waals surface area (Å²) in [6, 6.07) is 0. The van der Waals surface area contributed by atoms with Crippen molar-refractivity contribution in [2.24, 2.45) is 5.92 Å². The van der Waals surface area contributed by atoms with Crippen LogP contribution in [0.15, 0.2) is 0 Å². The molecule has 4 heteroatoms. The van der Waals surface area contributed by atoms with Gasteiger partial charge < -0.3 is 19.5 Å². The highest BCUT2D eigenvalue weighted by atomic mass is 16.5. The van der Waals surface area contributed by atoms with Gasteiger partial charge in [0, 0.05) is 32.8 Å². The summed E-state index contributed by atoms with van der Waals surface area (Å²) >= 11 is 0. The number of hydrogen-bond acceptors (Lipinski definition) is 4. The Morgan fingerprint density at radius 2 is 2.38 bits per heavy atom. The number of hydrogen-bond donors (Lipinski definition) is 1. The third-order valence-electron chi connectivity index (χ3n) is 2.77. The lowest BCUT2D eigenvalue weighted by molar-refractivity contribution is 0.0368. The molecule has 0 radical (unpaired) electrons. The van der Waals surface area contributed by atoms with Gasteiger partial charge in [0.15, 0.2) is 0 Å². The molecule has 1 saturated heterocycles. The summed E-state index contributed by atoms with van der Waals surface area (Å²) in [7, 11) is 1.73. The zero-order chi connectivity index (χ0) is 11.6. The fraction of sp³-hybridized carbons (Fsp3) is 1.00. The van der Waals surface area contributed by atoms with Gasteiger partial charge in [-0.3, -0.25) is 0 Å². The van der Waals surface area contributed by atoms with Crippen LogP contribution in [0.3, 0.4) is 0 Å². The highest BCUT2D eigenvalue weighted by molar-refractivity contribution is 4.64. The Balaban J connectivity index is 1.87. The Morgan fingerprint density at radius 3 is 3.06 bits per heavy atom. The molecule has 0 aromatic heterocycles. The van der Waals surface area contributed by atoms with Crippen molar-refractivity contribution < 1.29 is 14.2 Å². The summed E-state index contributed by atoms with van der Waals surface area (Å²) in [5.41, 5.74) is 0. The molecular formula is C12H25NO3. The first-order valence-corrected chi connectivity index (χ1v) is 6.22. The Bertz CT molecular complexity index is 160. The van der Waals surface area contributed by atoms with Crippen LogP contribution in [0, 0.1) is 5.92 Å². The molecule has 0 aromatic carbocycles. The first-order chi connectivity index (χ1) is 7.83. The molecular weight excluding hydrogens is 206 g/mol. The zero-order valence-electron chi connectivity index (χ0n) is 10.5. The monoisotopic (exact) mass is 231 g/mol. The number of methoxy groups -OCH3 is 1. The van der Waals surface area contributed by atoms with Crippen LogP contribution in [0.2, 0.25) is 0 Å². The molecule has 1 N–H and O–H groups in total. The molecule has 1 heterocycles. The van der Waals surface area contributed by atoms with E-state index in [0.29, 0.717) is 5.92 Å². The normalized spacial score (nSPS) is 22.5. The molecule has 0 aromatic rings. The van der Waals surface area contributed by atoms with E-state index in [1.807, 2.05) is 0 Å². The fourth-order valence-corrected chi connectivity index (χ4v) is 1.72. The highest BCUT2D eigenvalue weighted by Crippen LogP contribution is 2.12. The number of nitrogens with one attached hydrogen (secondary N) is 1. The zero-order valence-corrected chi connectivity index (χ0v) is 10.5. The average molecular weight is 231 g/mol. The van der Waals surface area contributed by atoms with Crippen molar-refractivity contribution in [1.82, 2.24) is 5.32 Å². The molecule has 0 bridgehead atoms. The standard InChI is InChI=1S/C12H25NO3/c1-11(8-13-5-3-6-14-2)16-10-12-4-7-15-9-12/h11-13H,3-10H2,1-2H3. The predicted octanol–water partition coefficient (Wildman–Crippen LogP) is 1.05. The molecule has 96 valence electrons. The fourth-order valence-electron chi connectivity index (χ4n) is 1.72. The van der Waals surface area contributed by atoms with Gasteiger partial charge in [-0.1, -0.05) is 0 Å². The molecule has 1 rings (SSSR count). The maximum absolute atomic E-state index is 5.76. The van der Waals surface area contributed by atoms with E-state index in [0.717, 1.165) is 52.4 Å². The topological polar surface area (TPSA) is 39.7 Å². The first-order valence-electron chi connectivity index (χ1n) is 6.22. The van der Waals surface area contributed by atoms with Crippen LogP contribution >= 0.6 is 0 Å². The van der Waals surface area contributed by atoms with E-state index < -0.39 is 0 Å². The summed E-state index contributed by atoms with van der Waals surface area (Å²) in [6.45, 7) is 7.44. The van der Waals surface area contributed by atoms with Gasteiger partial charge in [0.05, 0.1) is 19.3 Å². The molecule has 1 fully saturated rings. The van der Waals surface area contributed by atoms with Gasteiger partial charge in [0.1, 0.15) is 0 Å². The average Bonchev–Trinajstić information content (AvgIpc) is 2.79. The molecule has 16 heavy (non-hydrogen) atoms. The Labute approximate surface area is 98.6 Å². The molecule has 1 aliphatic heterocycles. The molecule has 4 nitrogen and oxygen atoms in total. The van der Waals surface area contributed by atoms with Crippen LogP contribution < -0.4 is 5.32 Å². The lowest BCUT2D eigenvalue weighted by Crippen LogP contribution is -2.29. The Kier molecular flexibility index (Phi) is 7.76. The van der Waals surface area contributed by atoms with Crippen molar-refractivity contribution in [3.05, 3.63) is 0 Å². The minimum atomic E-state index is 0.281. The van der Waals surface area contributed by atoms with Crippen LogP contribution in [0.25, 0.3) is 0 Å². The predicted molar refractivity (Wildman–Crippen MR) is 63.7 cm³/mol. The van der Waals surface area contributed by atoms with E-state index in [9.17, 15) is 0 Å². The second kappa shape index (κ2) is 8.93. The van der Waals surface area contributed by atoms with Crippen LogP contribution in [-0.4, -0.2) is 52.7 Å². The van der Waals surface area contributed by atoms with Gasteiger partial charge in [0.25, 0.3) is 0 Å². The third-order valence-corrected chi connectivity index (χ3v) is 2.77. The van der Waals surface area contributed by atoms with Crippen LogP contribution in [0.5, 0.6) is 0 Å². The van der Waals surface area contributed by atoms with E-state index in [-0.39, 0.29) is 6.10 Å². The molecule has 0 amide bonds. The summed E-state index contributed by atoms with van der Waals surface area (Å²) in [6.07, 6.45) is 2.48.